The van der Waals surface area contributed by atoms with Crippen LogP contribution in [-0.2, 0) is 9.47 Å². The van der Waals surface area contributed by atoms with Gasteiger partial charge < -0.3 is 14.6 Å². The second-order valence-electron chi connectivity index (χ2n) is 3.83. The minimum atomic E-state index is -0.849. The van der Waals surface area contributed by atoms with Crippen molar-refractivity contribution >= 4 is 12.2 Å². The summed E-state index contributed by atoms with van der Waals surface area (Å²) >= 11 is 0. The number of carbonyl (C=O) groups is 2. The van der Waals surface area contributed by atoms with Gasteiger partial charge in [-0.25, -0.2) is 14.5 Å². The molecule has 1 N–H and O–H groups in total. The van der Waals surface area contributed by atoms with Crippen molar-refractivity contribution in [2.24, 2.45) is 0 Å². The number of hydrogen-bond acceptors (Lipinski definition) is 5. The van der Waals surface area contributed by atoms with Crippen LogP contribution in [0.25, 0.3) is 0 Å². The van der Waals surface area contributed by atoms with E-state index in [-0.39, 0.29) is 13.2 Å². The second-order valence-corrected chi connectivity index (χ2v) is 3.83. The lowest BCUT2D eigenvalue weighted by Gasteiger charge is -2.24. The molecular weight excluding hydrogens is 202 g/mol. The maximum Gasteiger partial charge on any atom is 0.419 e. The van der Waals surface area contributed by atoms with E-state index < -0.39 is 17.8 Å². The van der Waals surface area contributed by atoms with E-state index in [4.69, 9.17) is 9.84 Å². The van der Waals surface area contributed by atoms with E-state index in [1.807, 2.05) is 0 Å². The van der Waals surface area contributed by atoms with Crippen LogP contribution < -0.4 is 0 Å². The first-order valence-electron chi connectivity index (χ1n) is 4.51. The summed E-state index contributed by atoms with van der Waals surface area (Å²) in [6.45, 7) is 4.55. The Balaban J connectivity index is 4.49. The van der Waals surface area contributed by atoms with E-state index in [0.717, 1.165) is 7.11 Å². The lowest BCUT2D eigenvalue weighted by molar-refractivity contribution is 0.0217. The highest BCUT2D eigenvalue weighted by molar-refractivity contribution is 5.87. The summed E-state index contributed by atoms with van der Waals surface area (Å²) in [5.74, 6) is 0. The summed E-state index contributed by atoms with van der Waals surface area (Å²) in [5.41, 5.74) is -0.696. The molecule has 0 saturated heterocycles. The Morgan fingerprint density at radius 1 is 1.27 bits per heavy atom. The van der Waals surface area contributed by atoms with E-state index in [1.54, 1.807) is 20.8 Å². The molecule has 0 fully saturated rings. The molecule has 88 valence electrons. The first kappa shape index (κ1) is 13.7. The van der Waals surface area contributed by atoms with Gasteiger partial charge in [0.05, 0.1) is 20.3 Å². The van der Waals surface area contributed by atoms with Gasteiger partial charge in [0.25, 0.3) is 0 Å². The maximum atomic E-state index is 11.4. The fourth-order valence-electron chi connectivity index (χ4n) is 0.784. The Morgan fingerprint density at radius 3 is 2.13 bits per heavy atom. The van der Waals surface area contributed by atoms with E-state index >= 15 is 0 Å². The predicted octanol–water partition coefficient (Wildman–Crippen LogP) is 0.982. The Bertz CT molecular complexity index is 233. The molecule has 15 heavy (non-hydrogen) atoms. The SMILES string of the molecule is COC(=O)N(CCO)C(=O)OC(C)(C)C. The summed E-state index contributed by atoms with van der Waals surface area (Å²) in [4.78, 5) is 23.3. The number of aliphatic hydroxyl groups is 1. The molecule has 0 aromatic heterocycles. The Hall–Kier alpha value is -1.30. The van der Waals surface area contributed by atoms with Crippen LogP contribution in [0.15, 0.2) is 0 Å². The molecule has 0 unspecified atom stereocenters. The molecule has 0 atom stereocenters. The van der Waals surface area contributed by atoms with Crippen molar-refractivity contribution in [3.05, 3.63) is 0 Å². The number of methoxy groups -OCH3 is 1. The van der Waals surface area contributed by atoms with Crippen molar-refractivity contribution in [2.75, 3.05) is 20.3 Å². The first-order valence-corrected chi connectivity index (χ1v) is 4.51. The number of imide groups is 1. The molecule has 0 spiro atoms. The van der Waals surface area contributed by atoms with Gasteiger partial charge >= 0.3 is 12.2 Å². The molecule has 0 aliphatic heterocycles. The molecule has 0 aromatic rings. The third-order valence-electron chi connectivity index (χ3n) is 1.33. The van der Waals surface area contributed by atoms with Gasteiger partial charge in [-0.2, -0.15) is 0 Å². The summed E-state index contributed by atoms with van der Waals surface area (Å²) in [5, 5.41) is 8.67. The van der Waals surface area contributed by atoms with Crippen LogP contribution in [0.5, 0.6) is 0 Å². The lowest BCUT2D eigenvalue weighted by Crippen LogP contribution is -2.42. The predicted molar refractivity (Wildman–Crippen MR) is 52.4 cm³/mol. The minimum absolute atomic E-state index is 0.151. The molecule has 2 amide bonds. The molecule has 0 aliphatic rings. The zero-order chi connectivity index (χ0) is 12.1. The van der Waals surface area contributed by atoms with Crippen molar-refractivity contribution in [1.29, 1.82) is 0 Å². The average molecular weight is 219 g/mol. The van der Waals surface area contributed by atoms with Crippen LogP contribution >= 0.6 is 0 Å². The number of hydrogen-bond donors (Lipinski definition) is 1. The molecular formula is C9H17NO5. The molecule has 0 bridgehead atoms. The third-order valence-corrected chi connectivity index (χ3v) is 1.33. The minimum Gasteiger partial charge on any atom is -0.452 e. The highest BCUT2D eigenvalue weighted by Crippen LogP contribution is 2.10. The fraction of sp³-hybridized carbons (Fsp3) is 0.778. The van der Waals surface area contributed by atoms with Gasteiger partial charge in [0, 0.05) is 0 Å². The zero-order valence-corrected chi connectivity index (χ0v) is 9.44. The lowest BCUT2D eigenvalue weighted by atomic mass is 10.2. The van der Waals surface area contributed by atoms with Gasteiger partial charge in [-0.3, -0.25) is 0 Å². The van der Waals surface area contributed by atoms with Gasteiger partial charge in [-0.15, -0.1) is 0 Å². The van der Waals surface area contributed by atoms with Crippen molar-refractivity contribution in [1.82, 2.24) is 4.90 Å². The standard InChI is InChI=1S/C9H17NO5/c1-9(2,3)15-8(13)10(5-6-11)7(12)14-4/h11H,5-6H2,1-4H3. The number of aliphatic hydroxyl groups excluding tert-OH is 1. The Morgan fingerprint density at radius 2 is 1.80 bits per heavy atom. The van der Waals surface area contributed by atoms with Gasteiger partial charge in [0.15, 0.2) is 0 Å². The molecule has 0 radical (unpaired) electrons. The number of carbonyl (C=O) groups excluding carboxylic acids is 2. The molecule has 0 rings (SSSR count). The quantitative estimate of drug-likeness (QED) is 0.749. The van der Waals surface area contributed by atoms with Crippen LogP contribution in [0, 0.1) is 0 Å². The highest BCUT2D eigenvalue weighted by atomic mass is 16.6. The van der Waals surface area contributed by atoms with Gasteiger partial charge in [-0.1, -0.05) is 0 Å². The van der Waals surface area contributed by atoms with Crippen molar-refractivity contribution in [2.45, 2.75) is 26.4 Å². The highest BCUT2D eigenvalue weighted by Gasteiger charge is 2.27. The van der Waals surface area contributed by atoms with Crippen LogP contribution in [0.3, 0.4) is 0 Å². The molecule has 0 saturated carbocycles. The van der Waals surface area contributed by atoms with Gasteiger partial charge in [0.2, 0.25) is 0 Å². The van der Waals surface area contributed by atoms with Gasteiger partial charge in [-0.05, 0) is 20.8 Å². The molecule has 6 heteroatoms. The third kappa shape index (κ3) is 5.21. The van der Waals surface area contributed by atoms with Crippen LogP contribution in [0.1, 0.15) is 20.8 Å². The summed E-state index contributed by atoms with van der Waals surface area (Å²) in [6.07, 6.45) is -1.68. The topological polar surface area (TPSA) is 76.1 Å². The summed E-state index contributed by atoms with van der Waals surface area (Å²) in [6, 6.07) is 0. The Kier molecular flexibility index (Phi) is 5.07. The van der Waals surface area contributed by atoms with E-state index in [0.29, 0.717) is 4.90 Å². The molecule has 0 heterocycles. The van der Waals surface area contributed by atoms with Crippen LogP contribution in [-0.4, -0.2) is 48.1 Å². The number of rotatable bonds is 2. The normalized spacial score (nSPS) is 10.7. The van der Waals surface area contributed by atoms with Crippen molar-refractivity contribution in [3.8, 4) is 0 Å². The molecule has 0 aromatic carbocycles. The van der Waals surface area contributed by atoms with E-state index in [1.165, 1.54) is 0 Å². The smallest absolute Gasteiger partial charge is 0.419 e. The molecule has 6 nitrogen and oxygen atoms in total. The van der Waals surface area contributed by atoms with E-state index in [9.17, 15) is 9.59 Å². The van der Waals surface area contributed by atoms with Crippen molar-refractivity contribution < 1.29 is 24.2 Å². The number of nitrogens with zero attached hydrogens (tertiary/aromatic N) is 1. The van der Waals surface area contributed by atoms with E-state index in [2.05, 4.69) is 4.74 Å². The fourth-order valence-corrected chi connectivity index (χ4v) is 0.784. The van der Waals surface area contributed by atoms with Crippen molar-refractivity contribution in [3.63, 3.8) is 0 Å². The monoisotopic (exact) mass is 219 g/mol. The summed E-state index contributed by atoms with van der Waals surface area (Å²) in [7, 11) is 1.15. The largest absolute Gasteiger partial charge is 0.452 e. The number of amides is 2. The average Bonchev–Trinajstić information content (AvgIpc) is 2.10. The summed E-state index contributed by atoms with van der Waals surface area (Å²) < 4.78 is 9.33. The molecule has 0 aliphatic carbocycles. The zero-order valence-electron chi connectivity index (χ0n) is 9.44. The van der Waals surface area contributed by atoms with Crippen LogP contribution in [0.4, 0.5) is 9.59 Å². The van der Waals surface area contributed by atoms with Crippen LogP contribution in [0.2, 0.25) is 0 Å². The van der Waals surface area contributed by atoms with Gasteiger partial charge in [0.1, 0.15) is 5.60 Å². The first-order chi connectivity index (χ1) is 6.81. The Labute approximate surface area is 88.8 Å². The second kappa shape index (κ2) is 5.55. The number of ether oxygens (including phenoxy) is 2. The maximum absolute atomic E-state index is 11.4.